The summed E-state index contributed by atoms with van der Waals surface area (Å²) < 4.78 is 0. The average Bonchev–Trinajstić information content (AvgIpc) is 3.18. The zero-order valence-corrected chi connectivity index (χ0v) is 24.2. The molecule has 0 aliphatic carbocycles. The monoisotopic (exact) mass is 601 g/mol. The van der Waals surface area contributed by atoms with E-state index in [1.807, 2.05) is 18.2 Å². The van der Waals surface area contributed by atoms with Crippen LogP contribution in [0.1, 0.15) is 42.2 Å². The van der Waals surface area contributed by atoms with Gasteiger partial charge in [0.2, 0.25) is 0 Å². The normalized spacial score (nSPS) is 14.7. The fourth-order valence-corrected chi connectivity index (χ4v) is 4.71. The van der Waals surface area contributed by atoms with Gasteiger partial charge in [-0.3, -0.25) is 19.4 Å². The third-order valence-corrected chi connectivity index (χ3v) is 6.95. The number of benzene rings is 3. The molecule has 0 bridgehead atoms. The molecule has 3 aromatic carbocycles. The summed E-state index contributed by atoms with van der Waals surface area (Å²) in [5.41, 5.74) is 3.20. The number of nitrogens with zero attached hydrogens (tertiary/aromatic N) is 3. The minimum Gasteiger partial charge on any atom is -0.478 e. The van der Waals surface area contributed by atoms with Gasteiger partial charge in [-0.2, -0.15) is 0 Å². The fraction of sp³-hybridized carbons (Fsp3) is 0.267. The van der Waals surface area contributed by atoms with Crippen molar-refractivity contribution in [1.82, 2.24) is 9.80 Å². The summed E-state index contributed by atoms with van der Waals surface area (Å²) in [5, 5.41) is 17.3. The van der Waals surface area contributed by atoms with E-state index >= 15 is 0 Å². The van der Waals surface area contributed by atoms with Gasteiger partial charge in [-0.15, -0.1) is 24.8 Å². The Morgan fingerprint density at radius 1 is 0.756 bits per heavy atom. The molecule has 0 radical (unpaired) electrons. The number of amides is 1. The quantitative estimate of drug-likeness (QED) is 0.385. The number of carbonyl (C=O) groups excluding carboxylic acids is 2. The van der Waals surface area contributed by atoms with Crippen molar-refractivity contribution in [1.29, 1.82) is 0 Å². The Morgan fingerprint density at radius 3 is 2.00 bits per heavy atom. The zero-order chi connectivity index (χ0) is 27.9. The second-order valence-electron chi connectivity index (χ2n) is 9.55. The van der Waals surface area contributed by atoms with Gasteiger partial charge >= 0.3 is 11.9 Å². The predicted molar refractivity (Wildman–Crippen MR) is 161 cm³/mol. The maximum absolute atomic E-state index is 12.2. The van der Waals surface area contributed by atoms with Crippen LogP contribution >= 0.6 is 24.8 Å². The van der Waals surface area contributed by atoms with Crippen LogP contribution < -0.4 is 4.90 Å². The Kier molecular flexibility index (Phi) is 12.5. The number of para-hydroxylation sites is 1. The number of halogens is 2. The lowest BCUT2D eigenvalue weighted by atomic mass is 10.1. The van der Waals surface area contributed by atoms with Crippen LogP contribution in [0.5, 0.6) is 0 Å². The Hall–Kier alpha value is -3.76. The Bertz CT molecular complexity index is 1380. The molecular formula is C30H33Cl2N3O6. The lowest BCUT2D eigenvalue weighted by Crippen LogP contribution is -2.48. The van der Waals surface area contributed by atoms with E-state index < -0.39 is 17.8 Å². The molecule has 0 atom stereocenters. The minimum absolute atomic E-state index is 0. The van der Waals surface area contributed by atoms with Gasteiger partial charge in [-0.1, -0.05) is 48.5 Å². The first kappa shape index (κ1) is 33.4. The zero-order valence-electron chi connectivity index (χ0n) is 22.6. The standard InChI is InChI=1S/C21H23N3O2.C9H8O4.2ClH/c25-20-18-8-4-5-9-19(18)24(21(20)26)15-14-22-10-12-23(13-11-22)16-17-6-2-1-3-7-17;1-5-2-3-6(8(10)11)4-7(5)9(12)13;;/h1-9H,10-16H2;2-4H,1H3,(H,10,11)(H,12,13);2*1H. The average molecular weight is 603 g/mol. The molecule has 2 aliphatic rings. The van der Waals surface area contributed by atoms with Crippen molar-refractivity contribution < 1.29 is 29.4 Å². The third-order valence-electron chi connectivity index (χ3n) is 6.95. The molecule has 0 aromatic heterocycles. The molecule has 2 aliphatic heterocycles. The van der Waals surface area contributed by atoms with E-state index in [0.717, 1.165) is 51.0 Å². The molecule has 2 heterocycles. The lowest BCUT2D eigenvalue weighted by Gasteiger charge is -2.35. The molecule has 1 saturated heterocycles. The molecule has 9 nitrogen and oxygen atoms in total. The molecule has 3 aromatic rings. The highest BCUT2D eigenvalue weighted by molar-refractivity contribution is 6.52. The van der Waals surface area contributed by atoms with E-state index in [1.165, 1.54) is 17.7 Å². The van der Waals surface area contributed by atoms with Crippen LogP contribution in [0.3, 0.4) is 0 Å². The second kappa shape index (κ2) is 15.3. The largest absolute Gasteiger partial charge is 0.478 e. The predicted octanol–water partition coefficient (Wildman–Crippen LogP) is 4.27. The van der Waals surface area contributed by atoms with Gasteiger partial charge in [0.1, 0.15) is 0 Å². The van der Waals surface area contributed by atoms with Crippen LogP contribution in [0.4, 0.5) is 5.69 Å². The van der Waals surface area contributed by atoms with Gasteiger partial charge in [-0.05, 0) is 42.3 Å². The number of anilines is 1. The number of aryl methyl sites for hydroxylation is 1. The van der Waals surface area contributed by atoms with Crippen LogP contribution in [0, 0.1) is 6.92 Å². The summed E-state index contributed by atoms with van der Waals surface area (Å²) in [6.45, 7) is 8.01. The molecule has 218 valence electrons. The minimum atomic E-state index is -1.12. The molecule has 5 rings (SSSR count). The summed E-state index contributed by atoms with van der Waals surface area (Å²) in [6, 6.07) is 21.8. The number of piperazine rings is 1. The first-order valence-corrected chi connectivity index (χ1v) is 12.8. The SMILES string of the molecule is Cc1ccc(C(=O)O)cc1C(=O)O.Cl.Cl.O=C1C(=O)N(CCN2CCN(Cc3ccccc3)CC2)c2ccccc21. The first-order valence-electron chi connectivity index (χ1n) is 12.8. The maximum atomic E-state index is 12.2. The number of hydrogen-bond donors (Lipinski definition) is 2. The lowest BCUT2D eigenvalue weighted by molar-refractivity contribution is -0.114. The van der Waals surface area contributed by atoms with E-state index in [-0.39, 0.29) is 41.7 Å². The summed E-state index contributed by atoms with van der Waals surface area (Å²) in [4.78, 5) is 51.9. The number of carboxylic acid groups (broad SMARTS) is 2. The van der Waals surface area contributed by atoms with E-state index in [0.29, 0.717) is 17.7 Å². The van der Waals surface area contributed by atoms with Crippen molar-refractivity contribution in [2.75, 3.05) is 44.2 Å². The molecule has 1 amide bonds. The van der Waals surface area contributed by atoms with Gasteiger partial charge in [0.25, 0.3) is 11.7 Å². The maximum Gasteiger partial charge on any atom is 0.335 e. The second-order valence-corrected chi connectivity index (χ2v) is 9.55. The van der Waals surface area contributed by atoms with Crippen molar-refractivity contribution in [3.05, 3.63) is 101 Å². The van der Waals surface area contributed by atoms with Crippen LogP contribution in [-0.2, 0) is 11.3 Å². The van der Waals surface area contributed by atoms with Gasteiger partial charge < -0.3 is 15.1 Å². The number of fused-ring (bicyclic) bond motifs is 1. The highest BCUT2D eigenvalue weighted by Gasteiger charge is 2.35. The fourth-order valence-electron chi connectivity index (χ4n) is 4.71. The highest BCUT2D eigenvalue weighted by atomic mass is 35.5. The first-order chi connectivity index (χ1) is 18.7. The highest BCUT2D eigenvalue weighted by Crippen LogP contribution is 2.28. The van der Waals surface area contributed by atoms with Crippen molar-refractivity contribution in [2.24, 2.45) is 0 Å². The van der Waals surface area contributed by atoms with E-state index in [2.05, 4.69) is 34.1 Å². The number of aromatic carboxylic acids is 2. The van der Waals surface area contributed by atoms with Crippen LogP contribution in [-0.4, -0.2) is 82.9 Å². The van der Waals surface area contributed by atoms with E-state index in [1.54, 1.807) is 24.0 Å². The van der Waals surface area contributed by atoms with Crippen molar-refractivity contribution >= 4 is 54.1 Å². The van der Waals surface area contributed by atoms with Crippen LogP contribution in [0.2, 0.25) is 0 Å². The summed E-state index contributed by atoms with van der Waals surface area (Å²) in [5.74, 6) is -3.01. The molecule has 11 heteroatoms. The third kappa shape index (κ3) is 8.37. The summed E-state index contributed by atoms with van der Waals surface area (Å²) >= 11 is 0. The number of carboxylic acids is 2. The van der Waals surface area contributed by atoms with Gasteiger partial charge in [-0.25, -0.2) is 9.59 Å². The summed E-state index contributed by atoms with van der Waals surface area (Å²) in [7, 11) is 0. The number of rotatable bonds is 7. The van der Waals surface area contributed by atoms with Gasteiger partial charge in [0.15, 0.2) is 0 Å². The van der Waals surface area contributed by atoms with Gasteiger partial charge in [0, 0.05) is 45.8 Å². The van der Waals surface area contributed by atoms with E-state index in [9.17, 15) is 19.2 Å². The van der Waals surface area contributed by atoms with Crippen LogP contribution in [0.25, 0.3) is 0 Å². The molecule has 0 saturated carbocycles. The van der Waals surface area contributed by atoms with E-state index in [4.69, 9.17) is 10.2 Å². The van der Waals surface area contributed by atoms with Gasteiger partial charge in [0.05, 0.1) is 22.4 Å². The van der Waals surface area contributed by atoms with Crippen molar-refractivity contribution in [2.45, 2.75) is 13.5 Å². The summed E-state index contributed by atoms with van der Waals surface area (Å²) in [6.07, 6.45) is 0. The van der Waals surface area contributed by atoms with Crippen molar-refractivity contribution in [3.8, 4) is 0 Å². The Labute approximate surface area is 251 Å². The number of ketones is 1. The Morgan fingerprint density at radius 2 is 1.37 bits per heavy atom. The molecule has 1 fully saturated rings. The number of Topliss-reactive ketones (excluding diaryl/α,β-unsaturated/α-hetero) is 1. The Balaban J connectivity index is 0.000000336. The van der Waals surface area contributed by atoms with Crippen LogP contribution in [0.15, 0.2) is 72.8 Å². The molecule has 0 unspecified atom stereocenters. The molecule has 41 heavy (non-hydrogen) atoms. The number of hydrogen-bond acceptors (Lipinski definition) is 6. The molecule has 2 N–H and O–H groups in total. The van der Waals surface area contributed by atoms with Crippen molar-refractivity contribution in [3.63, 3.8) is 0 Å². The topological polar surface area (TPSA) is 118 Å². The smallest absolute Gasteiger partial charge is 0.335 e. The molecular weight excluding hydrogens is 569 g/mol. The molecule has 0 spiro atoms. The number of carbonyl (C=O) groups is 4.